The molecule has 18 heavy (non-hydrogen) atoms. The fourth-order valence-electron chi connectivity index (χ4n) is 2.78. The van der Waals surface area contributed by atoms with Crippen LogP contribution in [0, 0.1) is 0 Å². The Morgan fingerprint density at radius 3 is 2.17 bits per heavy atom. The van der Waals surface area contributed by atoms with E-state index < -0.39 is 5.79 Å². The van der Waals surface area contributed by atoms with E-state index in [0.29, 0.717) is 0 Å². The minimum Gasteiger partial charge on any atom is -0.349 e. The second-order valence-electron chi connectivity index (χ2n) is 4.54. The first-order chi connectivity index (χ1) is 8.80. The summed E-state index contributed by atoms with van der Waals surface area (Å²) >= 11 is 0. The molecule has 1 aliphatic rings. The molecular formula is C16H16O2. The van der Waals surface area contributed by atoms with E-state index in [-0.39, 0.29) is 0 Å². The summed E-state index contributed by atoms with van der Waals surface area (Å²) in [5.74, 6) is -0.662. The van der Waals surface area contributed by atoms with Crippen molar-refractivity contribution < 1.29 is 9.47 Å². The minimum atomic E-state index is -0.662. The molecule has 0 fully saturated rings. The van der Waals surface area contributed by atoms with Crippen LogP contribution in [-0.4, -0.2) is 14.2 Å². The van der Waals surface area contributed by atoms with Crippen LogP contribution in [0.25, 0.3) is 11.1 Å². The molecule has 2 aromatic carbocycles. The predicted octanol–water partition coefficient (Wildman–Crippen LogP) is 3.36. The van der Waals surface area contributed by atoms with Crippen molar-refractivity contribution in [2.45, 2.75) is 12.2 Å². The van der Waals surface area contributed by atoms with Crippen LogP contribution in [-0.2, 0) is 21.7 Å². The summed E-state index contributed by atoms with van der Waals surface area (Å²) in [6.07, 6.45) is 0.743. The molecule has 0 aromatic heterocycles. The van der Waals surface area contributed by atoms with Gasteiger partial charge >= 0.3 is 0 Å². The third-order valence-corrected chi connectivity index (χ3v) is 3.73. The minimum absolute atomic E-state index is 0.662. The maximum atomic E-state index is 5.69. The van der Waals surface area contributed by atoms with Gasteiger partial charge in [0.1, 0.15) is 0 Å². The Morgan fingerprint density at radius 2 is 1.44 bits per heavy atom. The first-order valence-corrected chi connectivity index (χ1v) is 6.09. The third kappa shape index (κ3) is 1.50. The molecule has 0 saturated heterocycles. The number of rotatable bonds is 2. The summed E-state index contributed by atoms with van der Waals surface area (Å²) in [5, 5.41) is 0. The van der Waals surface area contributed by atoms with Crippen molar-refractivity contribution in [1.29, 1.82) is 0 Å². The van der Waals surface area contributed by atoms with E-state index in [9.17, 15) is 0 Å². The molecule has 0 N–H and O–H groups in total. The highest BCUT2D eigenvalue weighted by Gasteiger charge is 2.38. The predicted molar refractivity (Wildman–Crippen MR) is 71.3 cm³/mol. The molecule has 0 heterocycles. The number of hydrogen-bond acceptors (Lipinski definition) is 2. The zero-order chi connectivity index (χ0) is 12.6. The molecule has 0 atom stereocenters. The van der Waals surface area contributed by atoms with Crippen LogP contribution in [0.5, 0.6) is 0 Å². The quantitative estimate of drug-likeness (QED) is 0.749. The van der Waals surface area contributed by atoms with Crippen molar-refractivity contribution in [2.75, 3.05) is 14.2 Å². The van der Waals surface area contributed by atoms with Crippen LogP contribution in [0.2, 0.25) is 0 Å². The lowest BCUT2D eigenvalue weighted by molar-refractivity contribution is -0.215. The molecule has 0 spiro atoms. The molecule has 3 rings (SSSR count). The number of ether oxygens (including phenoxy) is 2. The largest absolute Gasteiger partial charge is 0.349 e. The van der Waals surface area contributed by atoms with Gasteiger partial charge in [0.25, 0.3) is 0 Å². The number of benzene rings is 2. The van der Waals surface area contributed by atoms with Gasteiger partial charge < -0.3 is 9.47 Å². The summed E-state index contributed by atoms with van der Waals surface area (Å²) in [4.78, 5) is 0. The van der Waals surface area contributed by atoms with Gasteiger partial charge in [-0.15, -0.1) is 0 Å². The van der Waals surface area contributed by atoms with Crippen molar-refractivity contribution in [3.63, 3.8) is 0 Å². The first kappa shape index (κ1) is 11.5. The van der Waals surface area contributed by atoms with Gasteiger partial charge in [0.15, 0.2) is 5.79 Å². The van der Waals surface area contributed by atoms with Crippen LogP contribution in [0.4, 0.5) is 0 Å². The van der Waals surface area contributed by atoms with Gasteiger partial charge in [0.05, 0.1) is 0 Å². The van der Waals surface area contributed by atoms with Gasteiger partial charge in [-0.05, 0) is 16.7 Å². The van der Waals surface area contributed by atoms with E-state index in [0.717, 1.165) is 12.0 Å². The molecule has 0 radical (unpaired) electrons. The van der Waals surface area contributed by atoms with Gasteiger partial charge in [0, 0.05) is 26.2 Å². The zero-order valence-corrected chi connectivity index (χ0v) is 10.6. The van der Waals surface area contributed by atoms with E-state index in [4.69, 9.17) is 9.47 Å². The van der Waals surface area contributed by atoms with Crippen molar-refractivity contribution in [2.24, 2.45) is 0 Å². The smallest absolute Gasteiger partial charge is 0.199 e. The molecule has 92 valence electrons. The van der Waals surface area contributed by atoms with Crippen LogP contribution < -0.4 is 0 Å². The van der Waals surface area contributed by atoms with E-state index in [1.807, 2.05) is 6.07 Å². The number of fused-ring (bicyclic) bond motifs is 3. The monoisotopic (exact) mass is 240 g/mol. The van der Waals surface area contributed by atoms with Gasteiger partial charge in [-0.3, -0.25) is 0 Å². The summed E-state index contributed by atoms with van der Waals surface area (Å²) in [7, 11) is 3.41. The summed E-state index contributed by atoms with van der Waals surface area (Å²) in [6, 6.07) is 16.7. The lowest BCUT2D eigenvalue weighted by Gasteiger charge is -2.37. The SMILES string of the molecule is COC1(OC)Cc2ccccc2-c2ccccc21. The molecule has 2 nitrogen and oxygen atoms in total. The highest BCUT2D eigenvalue weighted by Crippen LogP contribution is 2.43. The van der Waals surface area contributed by atoms with Crippen molar-refractivity contribution >= 4 is 0 Å². The lowest BCUT2D eigenvalue weighted by Crippen LogP contribution is -2.36. The lowest BCUT2D eigenvalue weighted by atomic mass is 9.81. The Labute approximate surface area is 107 Å². The second-order valence-corrected chi connectivity index (χ2v) is 4.54. The fraction of sp³-hybridized carbons (Fsp3) is 0.250. The highest BCUT2D eigenvalue weighted by atomic mass is 16.7. The van der Waals surface area contributed by atoms with E-state index in [2.05, 4.69) is 42.5 Å². The zero-order valence-electron chi connectivity index (χ0n) is 10.6. The maximum absolute atomic E-state index is 5.69. The number of methoxy groups -OCH3 is 2. The van der Waals surface area contributed by atoms with Crippen LogP contribution in [0.3, 0.4) is 0 Å². The Kier molecular flexibility index (Phi) is 2.69. The average Bonchev–Trinajstić information content (AvgIpc) is 2.46. The molecule has 1 aliphatic carbocycles. The topological polar surface area (TPSA) is 18.5 Å². The first-order valence-electron chi connectivity index (χ1n) is 6.09. The van der Waals surface area contributed by atoms with Gasteiger partial charge in [-0.25, -0.2) is 0 Å². The average molecular weight is 240 g/mol. The van der Waals surface area contributed by atoms with Gasteiger partial charge in [-0.2, -0.15) is 0 Å². The molecule has 0 saturated carbocycles. The normalized spacial score (nSPS) is 15.9. The van der Waals surface area contributed by atoms with Gasteiger partial charge in [-0.1, -0.05) is 48.5 Å². The number of hydrogen-bond donors (Lipinski definition) is 0. The van der Waals surface area contributed by atoms with E-state index >= 15 is 0 Å². The molecule has 0 bridgehead atoms. The maximum Gasteiger partial charge on any atom is 0.199 e. The highest BCUT2D eigenvalue weighted by molar-refractivity contribution is 5.74. The van der Waals surface area contributed by atoms with Crippen LogP contribution >= 0.6 is 0 Å². The molecule has 2 aromatic rings. The second kappa shape index (κ2) is 4.23. The molecule has 2 heteroatoms. The molecule has 0 unspecified atom stereocenters. The van der Waals surface area contributed by atoms with Crippen molar-refractivity contribution in [3.8, 4) is 11.1 Å². The Hall–Kier alpha value is -1.64. The standard InChI is InChI=1S/C16H16O2/c1-17-16(18-2)11-12-7-3-4-8-13(12)14-9-5-6-10-15(14)16/h3-10H,11H2,1-2H3. The molecule has 0 aliphatic heterocycles. The molecular weight excluding hydrogens is 224 g/mol. The van der Waals surface area contributed by atoms with Crippen molar-refractivity contribution in [3.05, 3.63) is 59.7 Å². The van der Waals surface area contributed by atoms with Gasteiger partial charge in [0.2, 0.25) is 0 Å². The van der Waals surface area contributed by atoms with E-state index in [1.165, 1.54) is 16.7 Å². The van der Waals surface area contributed by atoms with Crippen LogP contribution in [0.1, 0.15) is 11.1 Å². The Balaban J connectivity index is 2.29. The fourth-order valence-corrected chi connectivity index (χ4v) is 2.78. The van der Waals surface area contributed by atoms with Crippen molar-refractivity contribution in [1.82, 2.24) is 0 Å². The summed E-state index contributed by atoms with van der Waals surface area (Å²) < 4.78 is 11.4. The third-order valence-electron chi connectivity index (χ3n) is 3.73. The van der Waals surface area contributed by atoms with E-state index in [1.54, 1.807) is 14.2 Å². The Morgan fingerprint density at radius 1 is 0.833 bits per heavy atom. The summed E-state index contributed by atoms with van der Waals surface area (Å²) in [5.41, 5.74) is 4.84. The molecule has 0 amide bonds. The van der Waals surface area contributed by atoms with Crippen LogP contribution in [0.15, 0.2) is 48.5 Å². The Bertz CT molecular complexity index is 571. The summed E-state index contributed by atoms with van der Waals surface area (Å²) in [6.45, 7) is 0.